The molecule has 4 heteroatoms. The quantitative estimate of drug-likeness (QED) is 0.781. The molecule has 2 aliphatic rings. The summed E-state index contributed by atoms with van der Waals surface area (Å²) in [5, 5.41) is 3.24. The Bertz CT molecular complexity index is 265. The van der Waals surface area contributed by atoms with Gasteiger partial charge in [0.25, 0.3) is 0 Å². The highest BCUT2D eigenvalue weighted by molar-refractivity contribution is 5.77. The molecule has 2 aliphatic heterocycles. The topological polar surface area (TPSA) is 35.6 Å². The molecular formula is C13H25N3O. The SMILES string of the molecule is CCC1CN(C)CCCN1C(=O)CC1CNC1. The number of amides is 1. The third-order valence-electron chi connectivity index (χ3n) is 4.02. The monoisotopic (exact) mass is 239 g/mol. The minimum absolute atomic E-state index is 0.374. The number of hydrogen-bond acceptors (Lipinski definition) is 3. The van der Waals surface area contributed by atoms with Gasteiger partial charge in [-0.05, 0) is 45.4 Å². The van der Waals surface area contributed by atoms with Gasteiger partial charge in [0.05, 0.1) is 0 Å². The van der Waals surface area contributed by atoms with Gasteiger partial charge in [0, 0.05) is 25.6 Å². The smallest absolute Gasteiger partial charge is 0.223 e. The molecule has 98 valence electrons. The number of likely N-dealkylation sites (N-methyl/N-ethyl adjacent to an activating group) is 1. The molecule has 2 rings (SSSR count). The zero-order chi connectivity index (χ0) is 12.3. The molecule has 0 aromatic rings. The van der Waals surface area contributed by atoms with E-state index in [0.29, 0.717) is 17.9 Å². The predicted octanol–water partition coefficient (Wildman–Crippen LogP) is 0.539. The zero-order valence-corrected chi connectivity index (χ0v) is 11.1. The van der Waals surface area contributed by atoms with Crippen LogP contribution in [0.4, 0.5) is 0 Å². The summed E-state index contributed by atoms with van der Waals surface area (Å²) >= 11 is 0. The van der Waals surface area contributed by atoms with E-state index >= 15 is 0 Å². The van der Waals surface area contributed by atoms with Crippen molar-refractivity contribution in [3.63, 3.8) is 0 Å². The first-order valence-electron chi connectivity index (χ1n) is 6.89. The van der Waals surface area contributed by atoms with Crippen molar-refractivity contribution < 1.29 is 4.79 Å². The Labute approximate surface area is 104 Å². The lowest BCUT2D eigenvalue weighted by atomic mass is 9.98. The number of rotatable bonds is 3. The molecule has 4 nitrogen and oxygen atoms in total. The minimum Gasteiger partial charge on any atom is -0.338 e. The van der Waals surface area contributed by atoms with E-state index in [1.165, 1.54) is 0 Å². The van der Waals surface area contributed by atoms with E-state index in [0.717, 1.165) is 52.0 Å². The van der Waals surface area contributed by atoms with Crippen LogP contribution in [0.2, 0.25) is 0 Å². The number of nitrogens with one attached hydrogen (secondary N) is 1. The first-order chi connectivity index (χ1) is 8.20. The Hall–Kier alpha value is -0.610. The summed E-state index contributed by atoms with van der Waals surface area (Å²) in [7, 11) is 2.16. The fraction of sp³-hybridized carbons (Fsp3) is 0.923. The molecule has 0 aromatic heterocycles. The highest BCUT2D eigenvalue weighted by Gasteiger charge is 2.29. The van der Waals surface area contributed by atoms with Crippen LogP contribution in [0.1, 0.15) is 26.2 Å². The van der Waals surface area contributed by atoms with E-state index in [2.05, 4.69) is 29.1 Å². The van der Waals surface area contributed by atoms with Crippen molar-refractivity contribution in [3.8, 4) is 0 Å². The van der Waals surface area contributed by atoms with Crippen LogP contribution >= 0.6 is 0 Å². The average Bonchev–Trinajstić information content (AvgIpc) is 2.44. The fourth-order valence-corrected chi connectivity index (χ4v) is 2.78. The largest absolute Gasteiger partial charge is 0.338 e. The molecule has 2 saturated heterocycles. The molecule has 0 spiro atoms. The normalized spacial score (nSPS) is 27.6. The molecule has 1 atom stereocenters. The van der Waals surface area contributed by atoms with Crippen molar-refractivity contribution in [1.82, 2.24) is 15.1 Å². The van der Waals surface area contributed by atoms with Crippen molar-refractivity contribution in [2.24, 2.45) is 5.92 Å². The summed E-state index contributed by atoms with van der Waals surface area (Å²) in [6, 6.07) is 0.419. The van der Waals surface area contributed by atoms with Gasteiger partial charge >= 0.3 is 0 Å². The van der Waals surface area contributed by atoms with Gasteiger partial charge in [-0.2, -0.15) is 0 Å². The maximum Gasteiger partial charge on any atom is 0.223 e. The number of nitrogens with zero attached hydrogens (tertiary/aromatic N) is 2. The molecule has 0 aliphatic carbocycles. The average molecular weight is 239 g/mol. The van der Waals surface area contributed by atoms with Crippen LogP contribution < -0.4 is 5.32 Å². The molecule has 1 N–H and O–H groups in total. The van der Waals surface area contributed by atoms with Gasteiger partial charge in [-0.3, -0.25) is 4.79 Å². The molecule has 2 heterocycles. The van der Waals surface area contributed by atoms with E-state index in [-0.39, 0.29) is 0 Å². The zero-order valence-electron chi connectivity index (χ0n) is 11.1. The van der Waals surface area contributed by atoms with Gasteiger partial charge in [0.15, 0.2) is 0 Å². The Balaban J connectivity index is 1.92. The summed E-state index contributed by atoms with van der Waals surface area (Å²) in [4.78, 5) is 16.8. The van der Waals surface area contributed by atoms with Gasteiger partial charge in [-0.15, -0.1) is 0 Å². The Morgan fingerprint density at radius 2 is 2.12 bits per heavy atom. The summed E-state index contributed by atoms with van der Waals surface area (Å²) in [6.45, 7) is 7.33. The van der Waals surface area contributed by atoms with Crippen molar-refractivity contribution in [2.45, 2.75) is 32.2 Å². The standard InChI is InChI=1S/C13H25N3O/c1-3-12-10-15(2)5-4-6-16(12)13(17)7-11-8-14-9-11/h11-12,14H,3-10H2,1-2H3. The minimum atomic E-state index is 0.374. The molecule has 0 aromatic carbocycles. The van der Waals surface area contributed by atoms with Crippen molar-refractivity contribution in [2.75, 3.05) is 39.8 Å². The van der Waals surface area contributed by atoms with E-state index in [1.54, 1.807) is 0 Å². The second kappa shape index (κ2) is 5.83. The number of hydrogen-bond donors (Lipinski definition) is 1. The fourth-order valence-electron chi connectivity index (χ4n) is 2.78. The molecule has 1 unspecified atom stereocenters. The molecular weight excluding hydrogens is 214 g/mol. The van der Waals surface area contributed by atoms with Gasteiger partial charge in [0.2, 0.25) is 5.91 Å². The molecule has 0 radical (unpaired) electrons. The molecule has 0 saturated carbocycles. The third kappa shape index (κ3) is 3.19. The first-order valence-corrected chi connectivity index (χ1v) is 6.89. The van der Waals surface area contributed by atoms with Crippen LogP contribution in [0, 0.1) is 5.92 Å². The third-order valence-corrected chi connectivity index (χ3v) is 4.02. The predicted molar refractivity (Wildman–Crippen MR) is 68.9 cm³/mol. The van der Waals surface area contributed by atoms with Crippen molar-refractivity contribution in [1.29, 1.82) is 0 Å². The Morgan fingerprint density at radius 3 is 2.71 bits per heavy atom. The second-order valence-electron chi connectivity index (χ2n) is 5.49. The Morgan fingerprint density at radius 1 is 1.35 bits per heavy atom. The van der Waals surface area contributed by atoms with E-state index in [9.17, 15) is 4.79 Å². The van der Waals surface area contributed by atoms with Crippen LogP contribution in [0.3, 0.4) is 0 Å². The van der Waals surface area contributed by atoms with Crippen LogP contribution in [0.15, 0.2) is 0 Å². The summed E-state index contributed by atoms with van der Waals surface area (Å²) in [5.74, 6) is 0.958. The van der Waals surface area contributed by atoms with Crippen LogP contribution in [0.25, 0.3) is 0 Å². The van der Waals surface area contributed by atoms with E-state index < -0.39 is 0 Å². The number of carbonyl (C=O) groups excluding carboxylic acids is 1. The summed E-state index contributed by atoms with van der Waals surface area (Å²) < 4.78 is 0. The van der Waals surface area contributed by atoms with Crippen molar-refractivity contribution in [3.05, 3.63) is 0 Å². The van der Waals surface area contributed by atoms with Crippen LogP contribution in [-0.4, -0.2) is 61.5 Å². The van der Waals surface area contributed by atoms with E-state index in [1.807, 2.05) is 0 Å². The molecule has 17 heavy (non-hydrogen) atoms. The lowest BCUT2D eigenvalue weighted by molar-refractivity contribution is -0.134. The first kappa shape index (κ1) is 12.8. The van der Waals surface area contributed by atoms with Crippen LogP contribution in [0.5, 0.6) is 0 Å². The maximum absolute atomic E-state index is 12.3. The molecule has 2 fully saturated rings. The van der Waals surface area contributed by atoms with Crippen LogP contribution in [-0.2, 0) is 4.79 Å². The second-order valence-corrected chi connectivity index (χ2v) is 5.49. The highest BCUT2D eigenvalue weighted by atomic mass is 16.2. The Kier molecular flexibility index (Phi) is 4.40. The lowest BCUT2D eigenvalue weighted by Crippen LogP contribution is -2.48. The number of carbonyl (C=O) groups is 1. The van der Waals surface area contributed by atoms with Gasteiger partial charge in [-0.1, -0.05) is 6.92 Å². The molecule has 0 bridgehead atoms. The van der Waals surface area contributed by atoms with E-state index in [4.69, 9.17) is 0 Å². The van der Waals surface area contributed by atoms with Gasteiger partial charge < -0.3 is 15.1 Å². The van der Waals surface area contributed by atoms with Gasteiger partial charge in [0.1, 0.15) is 0 Å². The van der Waals surface area contributed by atoms with Crippen molar-refractivity contribution >= 4 is 5.91 Å². The maximum atomic E-state index is 12.3. The lowest BCUT2D eigenvalue weighted by Gasteiger charge is -2.33. The summed E-state index contributed by atoms with van der Waals surface area (Å²) in [5.41, 5.74) is 0. The van der Waals surface area contributed by atoms with Gasteiger partial charge in [-0.25, -0.2) is 0 Å². The summed E-state index contributed by atoms with van der Waals surface area (Å²) in [6.07, 6.45) is 2.92. The molecule has 1 amide bonds. The highest BCUT2D eigenvalue weighted by Crippen LogP contribution is 2.17.